The van der Waals surface area contributed by atoms with E-state index in [9.17, 15) is 89.3 Å². The first-order chi connectivity index (χ1) is 18.5. The van der Waals surface area contributed by atoms with Crippen LogP contribution >= 0.6 is 11.8 Å². The van der Waals surface area contributed by atoms with Gasteiger partial charge in [0, 0.05) is 11.7 Å². The average Bonchev–Trinajstić information content (AvgIpc) is 3.40. The molecule has 0 saturated heterocycles. The summed E-state index contributed by atoms with van der Waals surface area (Å²) in [6.07, 6.45) is -10.5. The molecule has 2 aliphatic rings. The van der Waals surface area contributed by atoms with Gasteiger partial charge in [0.05, 0.1) is 18.9 Å². The van der Waals surface area contributed by atoms with Crippen molar-refractivity contribution >= 4 is 23.7 Å². The van der Waals surface area contributed by atoms with Gasteiger partial charge in [-0.1, -0.05) is 0 Å². The highest BCUT2D eigenvalue weighted by molar-refractivity contribution is 7.99. The fourth-order valence-corrected chi connectivity index (χ4v) is 6.58. The van der Waals surface area contributed by atoms with Gasteiger partial charge in [-0.3, -0.25) is 9.59 Å². The third-order valence-corrected chi connectivity index (χ3v) is 8.65. The number of thioether (sulfide) groups is 1. The molecule has 0 amide bonds. The smallest absolute Gasteiger partial charge is 0.460 e. The molecule has 0 spiro atoms. The molecule has 2 aliphatic carbocycles. The molecule has 0 radical (unpaired) electrons. The van der Waals surface area contributed by atoms with Crippen molar-refractivity contribution in [3.05, 3.63) is 0 Å². The van der Waals surface area contributed by atoms with Gasteiger partial charge in [-0.05, 0) is 30.4 Å². The SMILES string of the molecule is COC(=O)C1C2CC(SCCC(F)(F)C(F)(F)C(F)(F)C(F)(F)C(F)(F)C(F)(F)C(F)(F)C(F)(F)F)C(C2)C1C(=O)O. The van der Waals surface area contributed by atoms with Crippen molar-refractivity contribution in [2.45, 2.75) is 72.1 Å². The first-order valence-corrected chi connectivity index (χ1v) is 12.2. The highest BCUT2D eigenvalue weighted by atomic mass is 32.2. The number of hydrogen-bond acceptors (Lipinski definition) is 4. The minimum Gasteiger partial charge on any atom is -0.481 e. The van der Waals surface area contributed by atoms with Gasteiger partial charge < -0.3 is 9.84 Å². The topological polar surface area (TPSA) is 63.6 Å². The summed E-state index contributed by atoms with van der Waals surface area (Å²) < 4.78 is 232. The van der Waals surface area contributed by atoms with E-state index in [0.717, 1.165) is 7.11 Å². The molecule has 5 atom stereocenters. The Kier molecular flexibility index (Phi) is 9.18. The number of halogens is 17. The van der Waals surface area contributed by atoms with Crippen LogP contribution in [0.3, 0.4) is 0 Å². The maximum absolute atomic E-state index is 14.1. The summed E-state index contributed by atoms with van der Waals surface area (Å²) >= 11 is 0.213. The highest BCUT2D eigenvalue weighted by Crippen LogP contribution is 2.64. The zero-order valence-corrected chi connectivity index (χ0v) is 21.0. The molecule has 42 heavy (non-hydrogen) atoms. The lowest BCUT2D eigenvalue weighted by Gasteiger charge is -2.42. The number of carboxylic acid groups (broad SMARTS) is 1. The van der Waals surface area contributed by atoms with Gasteiger partial charge >= 0.3 is 59.6 Å². The number of carbonyl (C=O) groups excluding carboxylic acids is 1. The van der Waals surface area contributed by atoms with Crippen LogP contribution < -0.4 is 0 Å². The molecule has 0 aromatic heterocycles. The van der Waals surface area contributed by atoms with Crippen LogP contribution in [0.2, 0.25) is 0 Å². The minimum atomic E-state index is -8.68. The molecule has 0 aromatic carbocycles. The van der Waals surface area contributed by atoms with Crippen LogP contribution in [-0.4, -0.2) is 82.8 Å². The van der Waals surface area contributed by atoms with Crippen molar-refractivity contribution in [2.75, 3.05) is 12.9 Å². The maximum Gasteiger partial charge on any atom is 0.460 e. The number of hydrogen-bond donors (Lipinski definition) is 1. The van der Waals surface area contributed by atoms with Crippen LogP contribution in [0.5, 0.6) is 0 Å². The third kappa shape index (κ3) is 5.03. The van der Waals surface area contributed by atoms with Crippen LogP contribution in [0.1, 0.15) is 19.3 Å². The normalized spacial score (nSPS) is 26.5. The summed E-state index contributed by atoms with van der Waals surface area (Å²) in [7, 11) is 0.930. The molecule has 2 fully saturated rings. The number of alkyl halides is 17. The van der Waals surface area contributed by atoms with Crippen molar-refractivity contribution in [3.8, 4) is 0 Å². The second-order valence-corrected chi connectivity index (χ2v) is 11.0. The van der Waals surface area contributed by atoms with Gasteiger partial charge in [-0.15, -0.1) is 0 Å². The summed E-state index contributed by atoms with van der Waals surface area (Å²) in [5.41, 5.74) is 0. The second kappa shape index (κ2) is 10.6. The Bertz CT molecular complexity index is 1040. The summed E-state index contributed by atoms with van der Waals surface area (Å²) in [6.45, 7) is 0. The second-order valence-electron chi connectivity index (χ2n) is 9.62. The Morgan fingerprint density at radius 2 is 1.12 bits per heavy atom. The molecule has 2 saturated carbocycles. The molecule has 2 rings (SSSR count). The number of esters is 1. The first kappa shape index (κ1) is 36.3. The van der Waals surface area contributed by atoms with Gasteiger partial charge in [-0.25, -0.2) is 0 Å². The first-order valence-electron chi connectivity index (χ1n) is 11.1. The fraction of sp³-hybridized carbons (Fsp3) is 0.900. The summed E-state index contributed by atoms with van der Waals surface area (Å²) in [5, 5.41) is 8.38. The Morgan fingerprint density at radius 3 is 1.52 bits per heavy atom. The average molecular weight is 676 g/mol. The van der Waals surface area contributed by atoms with Gasteiger partial charge in [-0.2, -0.15) is 86.4 Å². The predicted octanol–water partition coefficient (Wildman–Crippen LogP) is 7.02. The molecule has 0 aromatic rings. The third-order valence-electron chi connectivity index (χ3n) is 7.24. The van der Waals surface area contributed by atoms with Crippen molar-refractivity contribution < 1.29 is 94.1 Å². The van der Waals surface area contributed by atoms with Crippen LogP contribution in [-0.2, 0) is 14.3 Å². The van der Waals surface area contributed by atoms with Gasteiger partial charge in [0.1, 0.15) is 0 Å². The Morgan fingerprint density at radius 1 is 0.690 bits per heavy atom. The zero-order chi connectivity index (χ0) is 33.3. The molecular formula is C20H17F17O4S. The molecule has 1 N–H and O–H groups in total. The van der Waals surface area contributed by atoms with Crippen LogP contribution in [0.25, 0.3) is 0 Å². The number of fused-ring (bicyclic) bond motifs is 2. The molecule has 22 heteroatoms. The molecular weight excluding hydrogens is 659 g/mol. The monoisotopic (exact) mass is 676 g/mol. The standard InChI is InChI=1S/C20H17F17O4S/c1-41-12(40)9-6-4-7(10(9)11(38)39)8(5-6)42-3-2-13(21,22)14(23,24)15(25,26)16(27,28)17(29,30)18(31,32)19(33,34)20(35,36)37/h6-10H,2-5H2,1H3,(H,38,39). The highest BCUT2D eigenvalue weighted by Gasteiger charge is 2.95. The maximum atomic E-state index is 14.1. The van der Waals surface area contributed by atoms with E-state index in [1.807, 2.05) is 0 Å². The van der Waals surface area contributed by atoms with Gasteiger partial charge in [0.15, 0.2) is 0 Å². The van der Waals surface area contributed by atoms with E-state index in [2.05, 4.69) is 4.74 Å². The number of ether oxygens (including phenoxy) is 1. The zero-order valence-electron chi connectivity index (χ0n) is 20.2. The number of rotatable bonds is 12. The largest absolute Gasteiger partial charge is 0.481 e. The van der Waals surface area contributed by atoms with Crippen molar-refractivity contribution in [3.63, 3.8) is 0 Å². The van der Waals surface area contributed by atoms with E-state index in [-0.39, 0.29) is 24.6 Å². The number of methoxy groups -OCH3 is 1. The lowest BCUT2D eigenvalue weighted by Crippen LogP contribution is -2.74. The van der Waals surface area contributed by atoms with Crippen LogP contribution in [0.15, 0.2) is 0 Å². The quantitative estimate of drug-likeness (QED) is 0.178. The van der Waals surface area contributed by atoms with E-state index < -0.39 is 101 Å². The van der Waals surface area contributed by atoms with Gasteiger partial charge in [0.25, 0.3) is 0 Å². The van der Waals surface area contributed by atoms with Crippen LogP contribution in [0, 0.1) is 23.7 Å². The summed E-state index contributed by atoms with van der Waals surface area (Å²) in [4.78, 5) is 23.5. The molecule has 0 heterocycles. The van der Waals surface area contributed by atoms with E-state index >= 15 is 0 Å². The summed E-state index contributed by atoms with van der Waals surface area (Å²) in [6, 6.07) is 0. The molecule has 246 valence electrons. The van der Waals surface area contributed by atoms with Crippen molar-refractivity contribution in [1.82, 2.24) is 0 Å². The Balaban J connectivity index is 2.27. The number of carboxylic acids is 1. The van der Waals surface area contributed by atoms with E-state index in [1.54, 1.807) is 0 Å². The Labute approximate surface area is 227 Å². The Hall–Kier alpha value is -1.90. The molecule has 2 bridgehead atoms. The molecule has 0 aliphatic heterocycles. The predicted molar refractivity (Wildman–Crippen MR) is 104 cm³/mol. The van der Waals surface area contributed by atoms with E-state index in [1.165, 1.54) is 0 Å². The fourth-order valence-electron chi connectivity index (χ4n) is 5.00. The van der Waals surface area contributed by atoms with E-state index in [0.29, 0.717) is 0 Å². The lowest BCUT2D eigenvalue weighted by atomic mass is 9.79. The van der Waals surface area contributed by atoms with Crippen molar-refractivity contribution in [1.29, 1.82) is 0 Å². The number of aliphatic carboxylic acids is 1. The molecule has 5 unspecified atom stereocenters. The lowest BCUT2D eigenvalue weighted by molar-refractivity contribution is -0.461. The molecule has 4 nitrogen and oxygen atoms in total. The van der Waals surface area contributed by atoms with E-state index in [4.69, 9.17) is 0 Å². The van der Waals surface area contributed by atoms with Crippen LogP contribution in [0.4, 0.5) is 74.6 Å². The van der Waals surface area contributed by atoms with Gasteiger partial charge in [0.2, 0.25) is 0 Å². The minimum absolute atomic E-state index is 0.0168. The number of carbonyl (C=O) groups is 2. The summed E-state index contributed by atoms with van der Waals surface area (Å²) in [5.74, 6) is -64.9. The van der Waals surface area contributed by atoms with Crippen molar-refractivity contribution in [2.24, 2.45) is 23.7 Å².